The second-order valence-corrected chi connectivity index (χ2v) is 5.59. The second kappa shape index (κ2) is 4.69. The SMILES string of the molecule is CC(C)c1nc(Br)cn1C1CCCCC1. The summed E-state index contributed by atoms with van der Waals surface area (Å²) in [4.78, 5) is 4.56. The van der Waals surface area contributed by atoms with Crippen molar-refractivity contribution >= 4 is 15.9 Å². The lowest BCUT2D eigenvalue weighted by Crippen LogP contribution is -2.15. The van der Waals surface area contributed by atoms with Crippen molar-refractivity contribution in [2.45, 2.75) is 57.9 Å². The van der Waals surface area contributed by atoms with E-state index in [9.17, 15) is 0 Å². The first-order valence-electron chi connectivity index (χ1n) is 5.92. The van der Waals surface area contributed by atoms with Crippen molar-refractivity contribution in [2.75, 3.05) is 0 Å². The average molecular weight is 271 g/mol. The summed E-state index contributed by atoms with van der Waals surface area (Å²) in [6.45, 7) is 4.43. The van der Waals surface area contributed by atoms with Gasteiger partial charge in [-0.2, -0.15) is 0 Å². The first kappa shape index (κ1) is 11.2. The number of hydrogen-bond donors (Lipinski definition) is 0. The molecule has 1 aromatic rings. The Balaban J connectivity index is 2.25. The van der Waals surface area contributed by atoms with Gasteiger partial charge >= 0.3 is 0 Å². The molecule has 1 fully saturated rings. The van der Waals surface area contributed by atoms with Crippen LogP contribution < -0.4 is 0 Å². The number of halogens is 1. The van der Waals surface area contributed by atoms with E-state index in [0.717, 1.165) is 4.60 Å². The molecule has 2 rings (SSSR count). The highest BCUT2D eigenvalue weighted by molar-refractivity contribution is 9.10. The van der Waals surface area contributed by atoms with E-state index in [4.69, 9.17) is 0 Å². The summed E-state index contributed by atoms with van der Waals surface area (Å²) in [5.41, 5.74) is 0. The van der Waals surface area contributed by atoms with Gasteiger partial charge in [-0.15, -0.1) is 0 Å². The highest BCUT2D eigenvalue weighted by Crippen LogP contribution is 2.31. The van der Waals surface area contributed by atoms with Crippen LogP contribution in [0.1, 0.15) is 63.7 Å². The molecule has 0 unspecified atom stereocenters. The molecule has 1 aliphatic carbocycles. The molecule has 0 aromatic carbocycles. The Hall–Kier alpha value is -0.310. The molecule has 1 heterocycles. The van der Waals surface area contributed by atoms with Crippen LogP contribution in [0.25, 0.3) is 0 Å². The van der Waals surface area contributed by atoms with E-state index in [-0.39, 0.29) is 0 Å². The smallest absolute Gasteiger partial charge is 0.124 e. The van der Waals surface area contributed by atoms with Crippen molar-refractivity contribution in [3.8, 4) is 0 Å². The predicted molar refractivity (Wildman–Crippen MR) is 66.1 cm³/mol. The molecule has 15 heavy (non-hydrogen) atoms. The van der Waals surface area contributed by atoms with Gasteiger partial charge in [-0.1, -0.05) is 33.1 Å². The van der Waals surface area contributed by atoms with Crippen LogP contribution in [0.3, 0.4) is 0 Å². The van der Waals surface area contributed by atoms with Crippen molar-refractivity contribution in [2.24, 2.45) is 0 Å². The minimum absolute atomic E-state index is 0.512. The lowest BCUT2D eigenvalue weighted by atomic mass is 9.95. The fourth-order valence-electron chi connectivity index (χ4n) is 2.46. The Labute approximate surface area is 100 Å². The van der Waals surface area contributed by atoms with Gasteiger partial charge in [0, 0.05) is 18.2 Å². The molecule has 0 bridgehead atoms. The maximum atomic E-state index is 4.56. The zero-order valence-electron chi connectivity index (χ0n) is 9.54. The summed E-state index contributed by atoms with van der Waals surface area (Å²) < 4.78 is 3.38. The van der Waals surface area contributed by atoms with Gasteiger partial charge in [-0.25, -0.2) is 4.98 Å². The van der Waals surface area contributed by atoms with Crippen molar-refractivity contribution in [3.05, 3.63) is 16.6 Å². The Morgan fingerprint density at radius 1 is 1.33 bits per heavy atom. The summed E-state index contributed by atoms with van der Waals surface area (Å²) in [5.74, 6) is 1.74. The number of rotatable bonds is 2. The largest absolute Gasteiger partial charge is 0.330 e. The average Bonchev–Trinajstić information content (AvgIpc) is 2.62. The standard InChI is InChI=1S/C12H19BrN2/c1-9(2)12-14-11(13)8-15(12)10-6-4-3-5-7-10/h8-10H,3-7H2,1-2H3. The van der Waals surface area contributed by atoms with Gasteiger partial charge in [0.1, 0.15) is 10.4 Å². The first-order valence-corrected chi connectivity index (χ1v) is 6.72. The molecule has 0 amide bonds. The molecule has 0 N–H and O–H groups in total. The van der Waals surface area contributed by atoms with Crippen LogP contribution >= 0.6 is 15.9 Å². The van der Waals surface area contributed by atoms with Crippen LogP contribution in [0.2, 0.25) is 0 Å². The van der Waals surface area contributed by atoms with Crippen LogP contribution in [-0.2, 0) is 0 Å². The zero-order valence-corrected chi connectivity index (χ0v) is 11.1. The number of imidazole rings is 1. The predicted octanol–water partition coefficient (Wildman–Crippen LogP) is 4.27. The molecule has 1 aliphatic rings. The Kier molecular flexibility index (Phi) is 3.49. The summed E-state index contributed by atoms with van der Waals surface area (Å²) in [5, 5.41) is 0. The van der Waals surface area contributed by atoms with Gasteiger partial charge in [-0.3, -0.25) is 0 Å². The monoisotopic (exact) mass is 270 g/mol. The van der Waals surface area contributed by atoms with E-state index < -0.39 is 0 Å². The normalized spacial score (nSPS) is 18.7. The molecule has 0 saturated heterocycles. The summed E-state index contributed by atoms with van der Waals surface area (Å²) >= 11 is 3.49. The maximum absolute atomic E-state index is 4.56. The second-order valence-electron chi connectivity index (χ2n) is 4.78. The van der Waals surface area contributed by atoms with E-state index in [0.29, 0.717) is 12.0 Å². The molecule has 0 spiro atoms. The highest BCUT2D eigenvalue weighted by Gasteiger charge is 2.20. The van der Waals surface area contributed by atoms with Crippen molar-refractivity contribution in [1.82, 2.24) is 9.55 Å². The fourth-order valence-corrected chi connectivity index (χ4v) is 2.86. The first-order chi connectivity index (χ1) is 7.18. The third-order valence-electron chi connectivity index (χ3n) is 3.22. The lowest BCUT2D eigenvalue weighted by molar-refractivity contribution is 0.342. The third-order valence-corrected chi connectivity index (χ3v) is 3.60. The third kappa shape index (κ3) is 2.44. The van der Waals surface area contributed by atoms with Crippen molar-refractivity contribution in [1.29, 1.82) is 0 Å². The van der Waals surface area contributed by atoms with E-state index in [1.165, 1.54) is 37.9 Å². The fraction of sp³-hybridized carbons (Fsp3) is 0.750. The van der Waals surface area contributed by atoms with Crippen LogP contribution in [-0.4, -0.2) is 9.55 Å². The molecule has 84 valence electrons. The number of aromatic nitrogens is 2. The van der Waals surface area contributed by atoms with Crippen LogP contribution in [0.15, 0.2) is 10.8 Å². The van der Waals surface area contributed by atoms with E-state index in [1.54, 1.807) is 0 Å². The van der Waals surface area contributed by atoms with Crippen LogP contribution in [0, 0.1) is 0 Å². The Morgan fingerprint density at radius 3 is 2.60 bits per heavy atom. The molecular formula is C12H19BrN2. The Bertz CT molecular complexity index is 324. The van der Waals surface area contributed by atoms with Crippen molar-refractivity contribution < 1.29 is 0 Å². The molecule has 0 atom stereocenters. The molecule has 3 heteroatoms. The summed E-state index contributed by atoms with van der Waals surface area (Å²) in [6.07, 6.45) is 8.95. The van der Waals surface area contributed by atoms with Crippen LogP contribution in [0.4, 0.5) is 0 Å². The van der Waals surface area contributed by atoms with Gasteiger partial charge in [0.15, 0.2) is 0 Å². The van der Waals surface area contributed by atoms with Gasteiger partial charge in [0.2, 0.25) is 0 Å². The molecule has 0 aliphatic heterocycles. The maximum Gasteiger partial charge on any atom is 0.124 e. The quantitative estimate of drug-likeness (QED) is 0.785. The molecule has 1 aromatic heterocycles. The molecule has 1 saturated carbocycles. The van der Waals surface area contributed by atoms with Gasteiger partial charge < -0.3 is 4.57 Å². The number of nitrogens with zero attached hydrogens (tertiary/aromatic N) is 2. The number of hydrogen-bond acceptors (Lipinski definition) is 1. The highest BCUT2D eigenvalue weighted by atomic mass is 79.9. The minimum atomic E-state index is 0.512. The Morgan fingerprint density at radius 2 is 2.00 bits per heavy atom. The molecule has 0 radical (unpaired) electrons. The zero-order chi connectivity index (χ0) is 10.8. The lowest BCUT2D eigenvalue weighted by Gasteiger charge is -2.25. The van der Waals surface area contributed by atoms with Crippen molar-refractivity contribution in [3.63, 3.8) is 0 Å². The van der Waals surface area contributed by atoms with Crippen LogP contribution in [0.5, 0.6) is 0 Å². The molecule has 2 nitrogen and oxygen atoms in total. The molecular weight excluding hydrogens is 252 g/mol. The topological polar surface area (TPSA) is 17.8 Å². The summed E-state index contributed by atoms with van der Waals surface area (Å²) in [7, 11) is 0. The van der Waals surface area contributed by atoms with E-state index in [2.05, 4.69) is 45.5 Å². The van der Waals surface area contributed by atoms with E-state index in [1.807, 2.05) is 0 Å². The van der Waals surface area contributed by atoms with Gasteiger partial charge in [-0.05, 0) is 28.8 Å². The van der Waals surface area contributed by atoms with Gasteiger partial charge in [0.05, 0.1) is 0 Å². The summed E-state index contributed by atoms with van der Waals surface area (Å²) in [6, 6.07) is 0.690. The van der Waals surface area contributed by atoms with Gasteiger partial charge in [0.25, 0.3) is 0 Å². The van der Waals surface area contributed by atoms with E-state index >= 15 is 0 Å². The minimum Gasteiger partial charge on any atom is -0.330 e.